The molecule has 3 aromatic heterocycles. The molecule has 0 radical (unpaired) electrons. The minimum Gasteiger partial charge on any atom is -0.383 e. The molecule has 146 valence electrons. The number of anilines is 2. The summed E-state index contributed by atoms with van der Waals surface area (Å²) in [6.45, 7) is 7.54. The number of nitrogen functional groups attached to an aromatic ring is 1. The van der Waals surface area contributed by atoms with Crippen LogP contribution in [-0.2, 0) is 0 Å². The van der Waals surface area contributed by atoms with Crippen molar-refractivity contribution in [3.63, 3.8) is 0 Å². The lowest BCUT2D eigenvalue weighted by Gasteiger charge is -2.27. The van der Waals surface area contributed by atoms with Crippen LogP contribution in [0.5, 0.6) is 0 Å². The first-order valence-electron chi connectivity index (χ1n) is 9.20. The summed E-state index contributed by atoms with van der Waals surface area (Å²) >= 11 is 0. The number of aromatic nitrogens is 3. The summed E-state index contributed by atoms with van der Waals surface area (Å²) in [7, 11) is 0. The second-order valence-electron chi connectivity index (χ2n) is 6.79. The zero-order valence-electron chi connectivity index (χ0n) is 16.2. The van der Waals surface area contributed by atoms with Crippen LogP contribution < -0.4 is 10.7 Å². The van der Waals surface area contributed by atoms with Gasteiger partial charge in [-0.1, -0.05) is 18.2 Å². The number of halogens is 1. The van der Waals surface area contributed by atoms with Gasteiger partial charge in [0.25, 0.3) is 0 Å². The molecule has 7 heteroatoms. The Morgan fingerprint density at radius 1 is 1.17 bits per heavy atom. The van der Waals surface area contributed by atoms with E-state index in [1.165, 1.54) is 12.4 Å². The SMILES string of the molecule is C=NN(c1ncnc(N)c1C)C(C)c1cc2ccccn2c1-c1ccccc1F. The molecule has 1 atom stereocenters. The van der Waals surface area contributed by atoms with Crippen LogP contribution in [0.3, 0.4) is 0 Å². The van der Waals surface area contributed by atoms with Gasteiger partial charge < -0.3 is 10.1 Å². The number of fused-ring (bicyclic) bond motifs is 1. The first kappa shape index (κ1) is 18.6. The molecule has 29 heavy (non-hydrogen) atoms. The number of benzene rings is 1. The number of pyridine rings is 1. The van der Waals surface area contributed by atoms with Crippen molar-refractivity contribution in [2.45, 2.75) is 19.9 Å². The first-order valence-corrected chi connectivity index (χ1v) is 9.20. The maximum atomic E-state index is 14.7. The van der Waals surface area contributed by atoms with E-state index in [9.17, 15) is 4.39 Å². The number of hydrazone groups is 1. The summed E-state index contributed by atoms with van der Waals surface area (Å²) in [6.07, 6.45) is 3.32. The van der Waals surface area contributed by atoms with E-state index in [0.29, 0.717) is 22.8 Å². The van der Waals surface area contributed by atoms with Crippen LogP contribution in [0, 0.1) is 12.7 Å². The van der Waals surface area contributed by atoms with Crippen molar-refractivity contribution in [3.05, 3.63) is 78.0 Å². The topological polar surface area (TPSA) is 71.8 Å². The van der Waals surface area contributed by atoms with E-state index in [2.05, 4.69) is 21.8 Å². The third-order valence-electron chi connectivity index (χ3n) is 5.12. The maximum absolute atomic E-state index is 14.7. The molecule has 4 aromatic rings. The molecule has 4 rings (SSSR count). The predicted octanol–water partition coefficient (Wildman–Crippen LogP) is 4.61. The lowest BCUT2D eigenvalue weighted by molar-refractivity contribution is 0.629. The maximum Gasteiger partial charge on any atom is 0.157 e. The molecule has 0 saturated heterocycles. The largest absolute Gasteiger partial charge is 0.383 e. The predicted molar refractivity (Wildman–Crippen MR) is 114 cm³/mol. The molecule has 1 unspecified atom stereocenters. The number of nitrogens with zero attached hydrogens (tertiary/aromatic N) is 5. The van der Waals surface area contributed by atoms with E-state index < -0.39 is 0 Å². The number of hydrogen-bond donors (Lipinski definition) is 1. The summed E-state index contributed by atoms with van der Waals surface area (Å²) < 4.78 is 16.7. The zero-order valence-corrected chi connectivity index (χ0v) is 16.2. The summed E-state index contributed by atoms with van der Waals surface area (Å²) in [6, 6.07) is 14.4. The van der Waals surface area contributed by atoms with E-state index in [1.807, 2.05) is 54.8 Å². The molecule has 0 amide bonds. The summed E-state index contributed by atoms with van der Waals surface area (Å²) in [4.78, 5) is 8.37. The van der Waals surface area contributed by atoms with Gasteiger partial charge in [0.15, 0.2) is 5.82 Å². The summed E-state index contributed by atoms with van der Waals surface area (Å²) in [5.41, 5.74) is 9.80. The average Bonchev–Trinajstić information content (AvgIpc) is 3.11. The highest BCUT2D eigenvalue weighted by atomic mass is 19.1. The molecule has 0 aliphatic rings. The molecule has 6 nitrogen and oxygen atoms in total. The van der Waals surface area contributed by atoms with Gasteiger partial charge in [-0.2, -0.15) is 5.10 Å². The van der Waals surface area contributed by atoms with Gasteiger partial charge in [-0.3, -0.25) is 0 Å². The fraction of sp³-hybridized carbons (Fsp3) is 0.136. The smallest absolute Gasteiger partial charge is 0.157 e. The van der Waals surface area contributed by atoms with E-state index in [-0.39, 0.29) is 11.9 Å². The van der Waals surface area contributed by atoms with Crippen molar-refractivity contribution < 1.29 is 4.39 Å². The molecule has 0 aliphatic heterocycles. The Kier molecular flexibility index (Phi) is 4.72. The molecule has 3 heterocycles. The lowest BCUT2D eigenvalue weighted by atomic mass is 10.0. The molecular formula is C22H21FN6. The second kappa shape index (κ2) is 7.35. The van der Waals surface area contributed by atoms with Crippen LogP contribution in [0.4, 0.5) is 16.0 Å². The van der Waals surface area contributed by atoms with E-state index >= 15 is 0 Å². The van der Waals surface area contributed by atoms with Gasteiger partial charge in [0.1, 0.15) is 18.0 Å². The van der Waals surface area contributed by atoms with Crippen LogP contribution >= 0.6 is 0 Å². The standard InChI is InChI=1S/C22H21FN6/c1-14-21(24)26-13-27-22(14)29(25-3)15(2)18-12-16-8-6-7-11-28(16)20(18)17-9-4-5-10-19(17)23/h4-13,15H,3H2,1-2H3,(H2,24,26,27). The average molecular weight is 388 g/mol. The Morgan fingerprint density at radius 3 is 2.69 bits per heavy atom. The molecule has 0 spiro atoms. The van der Waals surface area contributed by atoms with Crippen molar-refractivity contribution >= 4 is 23.9 Å². The van der Waals surface area contributed by atoms with Gasteiger partial charge >= 0.3 is 0 Å². The van der Waals surface area contributed by atoms with Crippen LogP contribution in [-0.4, -0.2) is 21.1 Å². The Labute approximate surface area is 168 Å². The van der Waals surface area contributed by atoms with Crippen LogP contribution in [0.15, 0.2) is 66.2 Å². The van der Waals surface area contributed by atoms with E-state index in [4.69, 9.17) is 5.73 Å². The van der Waals surface area contributed by atoms with Gasteiger partial charge in [0, 0.05) is 35.1 Å². The Bertz CT molecular complexity index is 1200. The Hall–Kier alpha value is -3.74. The van der Waals surface area contributed by atoms with E-state index in [0.717, 1.165) is 16.8 Å². The van der Waals surface area contributed by atoms with Gasteiger partial charge in [0.2, 0.25) is 0 Å². The lowest BCUT2D eigenvalue weighted by Crippen LogP contribution is -2.23. The molecule has 0 fully saturated rings. The minimum atomic E-state index is -0.287. The number of rotatable bonds is 5. The van der Waals surface area contributed by atoms with Gasteiger partial charge in [-0.15, -0.1) is 0 Å². The molecule has 1 aromatic carbocycles. The quantitative estimate of drug-likeness (QED) is 0.400. The third-order valence-corrected chi connectivity index (χ3v) is 5.12. The fourth-order valence-corrected chi connectivity index (χ4v) is 3.59. The summed E-state index contributed by atoms with van der Waals surface area (Å²) in [5.74, 6) is 0.660. The molecular weight excluding hydrogens is 367 g/mol. The molecule has 0 saturated carbocycles. The monoisotopic (exact) mass is 388 g/mol. The minimum absolute atomic E-state index is 0.282. The molecule has 0 bridgehead atoms. The Morgan fingerprint density at radius 2 is 1.93 bits per heavy atom. The summed E-state index contributed by atoms with van der Waals surface area (Å²) in [5, 5.41) is 5.89. The van der Waals surface area contributed by atoms with Crippen molar-refractivity contribution in [2.24, 2.45) is 5.10 Å². The number of hydrogen-bond acceptors (Lipinski definition) is 5. The van der Waals surface area contributed by atoms with Crippen molar-refractivity contribution in [1.82, 2.24) is 14.4 Å². The molecule has 0 aliphatic carbocycles. The zero-order chi connectivity index (χ0) is 20.5. The fourth-order valence-electron chi connectivity index (χ4n) is 3.59. The van der Waals surface area contributed by atoms with Gasteiger partial charge in [0.05, 0.1) is 11.7 Å². The highest BCUT2D eigenvalue weighted by Crippen LogP contribution is 2.37. The third kappa shape index (κ3) is 3.10. The van der Waals surface area contributed by atoms with Crippen molar-refractivity contribution in [1.29, 1.82) is 0 Å². The first-order chi connectivity index (χ1) is 14.0. The van der Waals surface area contributed by atoms with Crippen molar-refractivity contribution in [3.8, 4) is 11.3 Å². The van der Waals surface area contributed by atoms with Crippen LogP contribution in [0.1, 0.15) is 24.1 Å². The normalized spacial score (nSPS) is 12.1. The second-order valence-corrected chi connectivity index (χ2v) is 6.79. The van der Waals surface area contributed by atoms with Crippen molar-refractivity contribution in [2.75, 3.05) is 10.7 Å². The molecule has 2 N–H and O–H groups in total. The highest BCUT2D eigenvalue weighted by molar-refractivity contribution is 5.74. The number of nitrogens with two attached hydrogens (primary N) is 1. The van der Waals surface area contributed by atoms with E-state index in [1.54, 1.807) is 17.1 Å². The van der Waals surface area contributed by atoms with Gasteiger partial charge in [-0.25, -0.2) is 19.4 Å². The highest BCUT2D eigenvalue weighted by Gasteiger charge is 2.26. The van der Waals surface area contributed by atoms with Crippen LogP contribution in [0.25, 0.3) is 16.8 Å². The van der Waals surface area contributed by atoms with Crippen LogP contribution in [0.2, 0.25) is 0 Å². The van der Waals surface area contributed by atoms with Gasteiger partial charge in [-0.05, 0) is 44.2 Å². The Balaban J connectivity index is 1.93.